The first-order valence-electron chi connectivity index (χ1n) is 6.16. The number of hydrogen-bond donors (Lipinski definition) is 0. The molecular weight excluding hydrogens is 330 g/mol. The minimum atomic E-state index is -3.13. The number of benzene rings is 1. The fourth-order valence-electron chi connectivity index (χ4n) is 2.16. The maximum atomic E-state index is 11.4. The lowest BCUT2D eigenvalue weighted by Crippen LogP contribution is -2.49. The second-order valence-electron chi connectivity index (χ2n) is 4.88. The highest BCUT2D eigenvalue weighted by Gasteiger charge is 2.25. The highest BCUT2D eigenvalue weighted by Crippen LogP contribution is 2.24. The molecule has 4 nitrogen and oxygen atoms in total. The van der Waals surface area contributed by atoms with Crippen LogP contribution in [0, 0.1) is 0 Å². The Bertz CT molecular complexity index is 529. The molecule has 0 aliphatic carbocycles. The molecule has 1 fully saturated rings. The van der Waals surface area contributed by atoms with E-state index < -0.39 is 9.84 Å². The van der Waals surface area contributed by atoms with E-state index in [9.17, 15) is 8.42 Å². The molecule has 0 radical (unpaired) electrons. The van der Waals surface area contributed by atoms with Crippen LogP contribution in [0.2, 0.25) is 0 Å². The molecule has 0 bridgehead atoms. The summed E-state index contributed by atoms with van der Waals surface area (Å²) in [7, 11) is -3.13. The van der Waals surface area contributed by atoms with E-state index in [0.717, 1.165) is 17.6 Å². The zero-order valence-corrected chi connectivity index (χ0v) is 13.4. The lowest BCUT2D eigenvalue weighted by Gasteiger charge is -2.39. The minimum absolute atomic E-state index is 0.172. The zero-order valence-electron chi connectivity index (χ0n) is 11.0. The summed E-state index contributed by atoms with van der Waals surface area (Å²) in [6.07, 6.45) is 1.39. The maximum Gasteiger partial charge on any atom is 0.175 e. The van der Waals surface area contributed by atoms with E-state index in [1.807, 2.05) is 12.1 Å². The molecule has 2 unspecified atom stereocenters. The summed E-state index contributed by atoms with van der Waals surface area (Å²) in [6, 6.07) is 7.35. The highest BCUT2D eigenvalue weighted by atomic mass is 79.9. The van der Waals surface area contributed by atoms with Gasteiger partial charge < -0.3 is 9.64 Å². The molecule has 0 N–H and O–H groups in total. The maximum absolute atomic E-state index is 11.4. The van der Waals surface area contributed by atoms with Crippen molar-refractivity contribution in [3.63, 3.8) is 0 Å². The first-order valence-corrected chi connectivity index (χ1v) is 9.17. The smallest absolute Gasteiger partial charge is 0.175 e. The van der Waals surface area contributed by atoms with Crippen LogP contribution in [0.1, 0.15) is 6.92 Å². The van der Waals surface area contributed by atoms with Gasteiger partial charge >= 0.3 is 0 Å². The average Bonchev–Trinajstić information content (AvgIpc) is 2.38. The molecule has 1 aliphatic rings. The van der Waals surface area contributed by atoms with Gasteiger partial charge in [0, 0.05) is 29.9 Å². The number of anilines is 1. The number of rotatable bonds is 3. The molecule has 1 aromatic carbocycles. The van der Waals surface area contributed by atoms with Crippen LogP contribution in [0.15, 0.2) is 29.2 Å². The SMILES string of the molecule is CC1COC(CBr)CN1c1ccc(S(C)(=O)=O)cc1. The van der Waals surface area contributed by atoms with Gasteiger partial charge in [-0.1, -0.05) is 15.9 Å². The monoisotopic (exact) mass is 347 g/mol. The number of ether oxygens (including phenoxy) is 1. The fraction of sp³-hybridized carbons (Fsp3) is 0.538. The van der Waals surface area contributed by atoms with Gasteiger partial charge in [-0.25, -0.2) is 8.42 Å². The number of morpholine rings is 1. The number of nitrogens with zero attached hydrogens (tertiary/aromatic N) is 1. The van der Waals surface area contributed by atoms with Crippen molar-refractivity contribution >= 4 is 31.5 Å². The van der Waals surface area contributed by atoms with Crippen molar-refractivity contribution in [3.05, 3.63) is 24.3 Å². The molecule has 1 aliphatic heterocycles. The molecule has 2 atom stereocenters. The van der Waals surface area contributed by atoms with Gasteiger partial charge in [-0.2, -0.15) is 0 Å². The molecule has 1 heterocycles. The normalized spacial score (nSPS) is 24.5. The molecule has 106 valence electrons. The Kier molecular flexibility index (Phi) is 4.53. The lowest BCUT2D eigenvalue weighted by molar-refractivity contribution is 0.0380. The van der Waals surface area contributed by atoms with Gasteiger partial charge in [-0.3, -0.25) is 0 Å². The molecule has 19 heavy (non-hydrogen) atoms. The van der Waals surface area contributed by atoms with E-state index in [1.54, 1.807) is 12.1 Å². The third-order valence-electron chi connectivity index (χ3n) is 3.27. The van der Waals surface area contributed by atoms with E-state index in [1.165, 1.54) is 6.26 Å². The lowest BCUT2D eigenvalue weighted by atomic mass is 10.1. The Labute approximate surface area is 122 Å². The zero-order chi connectivity index (χ0) is 14.0. The Morgan fingerprint density at radius 1 is 1.37 bits per heavy atom. The Morgan fingerprint density at radius 2 is 2.00 bits per heavy atom. The summed E-state index contributed by atoms with van der Waals surface area (Å²) in [4.78, 5) is 2.61. The predicted octanol–water partition coefficient (Wildman–Crippen LogP) is 2.08. The summed E-state index contributed by atoms with van der Waals surface area (Å²) < 4.78 is 28.6. The second-order valence-corrected chi connectivity index (χ2v) is 7.54. The van der Waals surface area contributed by atoms with Crippen LogP contribution in [-0.2, 0) is 14.6 Å². The molecule has 6 heteroatoms. The van der Waals surface area contributed by atoms with Crippen molar-refractivity contribution in [2.45, 2.75) is 24.0 Å². The molecule has 0 amide bonds. The van der Waals surface area contributed by atoms with Crippen LogP contribution in [0.25, 0.3) is 0 Å². The summed E-state index contributed by atoms with van der Waals surface area (Å²) >= 11 is 3.44. The third-order valence-corrected chi connectivity index (χ3v) is 5.12. The van der Waals surface area contributed by atoms with E-state index >= 15 is 0 Å². The number of alkyl halides is 1. The van der Waals surface area contributed by atoms with Gasteiger partial charge in [-0.05, 0) is 31.2 Å². The van der Waals surface area contributed by atoms with Crippen molar-refractivity contribution < 1.29 is 13.2 Å². The quantitative estimate of drug-likeness (QED) is 0.785. The van der Waals surface area contributed by atoms with E-state index in [-0.39, 0.29) is 6.10 Å². The molecule has 0 spiro atoms. The first kappa shape index (κ1) is 14.8. The summed E-state index contributed by atoms with van der Waals surface area (Å²) in [6.45, 7) is 3.60. The van der Waals surface area contributed by atoms with Gasteiger partial charge in [0.1, 0.15) is 0 Å². The van der Waals surface area contributed by atoms with Crippen LogP contribution in [-0.4, -0.2) is 45.3 Å². The summed E-state index contributed by atoms with van der Waals surface area (Å²) in [5, 5.41) is 0.803. The third kappa shape index (κ3) is 3.49. The van der Waals surface area contributed by atoms with Crippen LogP contribution >= 0.6 is 15.9 Å². The minimum Gasteiger partial charge on any atom is -0.373 e. The standard InChI is InChI=1S/C13H18BrNO3S/c1-10-9-18-12(7-14)8-15(10)11-3-5-13(6-4-11)19(2,16)17/h3-6,10,12H,7-9H2,1-2H3. The van der Waals surface area contributed by atoms with Crippen molar-refractivity contribution in [2.24, 2.45) is 0 Å². The van der Waals surface area contributed by atoms with Gasteiger partial charge in [-0.15, -0.1) is 0 Å². The molecule has 1 saturated heterocycles. The fourth-order valence-corrected chi connectivity index (χ4v) is 3.18. The number of hydrogen-bond acceptors (Lipinski definition) is 4. The highest BCUT2D eigenvalue weighted by molar-refractivity contribution is 9.09. The topological polar surface area (TPSA) is 46.6 Å². The van der Waals surface area contributed by atoms with Crippen LogP contribution in [0.5, 0.6) is 0 Å². The molecule has 0 aromatic heterocycles. The van der Waals surface area contributed by atoms with Crippen molar-refractivity contribution in [3.8, 4) is 0 Å². The molecule has 2 rings (SSSR count). The summed E-state index contributed by atoms with van der Waals surface area (Å²) in [5.41, 5.74) is 1.04. The number of halogens is 1. The van der Waals surface area contributed by atoms with Crippen molar-refractivity contribution in [1.82, 2.24) is 0 Å². The Morgan fingerprint density at radius 3 is 2.53 bits per heavy atom. The van der Waals surface area contributed by atoms with Crippen LogP contribution < -0.4 is 4.90 Å². The first-order chi connectivity index (χ1) is 8.91. The van der Waals surface area contributed by atoms with Gasteiger partial charge in [0.15, 0.2) is 9.84 Å². The number of sulfone groups is 1. The van der Waals surface area contributed by atoms with E-state index in [2.05, 4.69) is 27.8 Å². The molecule has 1 aromatic rings. The van der Waals surface area contributed by atoms with E-state index in [0.29, 0.717) is 17.5 Å². The second kappa shape index (κ2) is 5.81. The predicted molar refractivity (Wildman–Crippen MR) is 79.9 cm³/mol. The van der Waals surface area contributed by atoms with Crippen molar-refractivity contribution in [1.29, 1.82) is 0 Å². The Balaban J connectivity index is 2.21. The van der Waals surface area contributed by atoms with Gasteiger partial charge in [0.25, 0.3) is 0 Å². The average molecular weight is 348 g/mol. The van der Waals surface area contributed by atoms with Gasteiger partial charge in [0.2, 0.25) is 0 Å². The van der Waals surface area contributed by atoms with Crippen LogP contribution in [0.3, 0.4) is 0 Å². The van der Waals surface area contributed by atoms with Crippen molar-refractivity contribution in [2.75, 3.05) is 29.6 Å². The van der Waals surface area contributed by atoms with Crippen LogP contribution in [0.4, 0.5) is 5.69 Å². The van der Waals surface area contributed by atoms with E-state index in [4.69, 9.17) is 4.74 Å². The summed E-state index contributed by atoms with van der Waals surface area (Å²) in [5.74, 6) is 0. The molecule has 0 saturated carbocycles. The van der Waals surface area contributed by atoms with Gasteiger partial charge in [0.05, 0.1) is 17.6 Å². The Hall–Kier alpha value is -0.590. The molecular formula is C13H18BrNO3S. The largest absolute Gasteiger partial charge is 0.373 e.